The summed E-state index contributed by atoms with van der Waals surface area (Å²) in [5, 5.41) is 12.3. The number of rotatable bonds is 8. The minimum Gasteiger partial charge on any atom is -0.494 e. The lowest BCUT2D eigenvalue weighted by Gasteiger charge is -2.44. The highest BCUT2D eigenvalue weighted by Gasteiger charge is 2.29. The molecule has 222 valence electrons. The van der Waals surface area contributed by atoms with Crippen LogP contribution in [-0.4, -0.2) is 95.1 Å². The maximum atomic E-state index is 5.88. The van der Waals surface area contributed by atoms with Crippen molar-refractivity contribution in [2.45, 2.75) is 38.8 Å². The van der Waals surface area contributed by atoms with Gasteiger partial charge in [0.05, 0.1) is 41.6 Å². The van der Waals surface area contributed by atoms with Gasteiger partial charge in [-0.1, -0.05) is 6.07 Å². The van der Waals surface area contributed by atoms with E-state index in [-0.39, 0.29) is 0 Å². The standard InChI is InChI=1S/C32H43N9O/c1-22(2)39-12-14-40(15-13-39)25-8-10-41(11-9-25)30-19-31(42-5)28(17-27(30)33-3)37-32-18-26(34-21-35-32)23-6-7-29-24(16-23)20-36-38(29)4/h6-7,16-22,25,33H,8-15H2,1-5H3,(H,34,35,37). The highest BCUT2D eigenvalue weighted by molar-refractivity contribution is 5.85. The third-order valence-electron chi connectivity index (χ3n) is 8.96. The number of piperidine rings is 1. The number of hydrogen-bond acceptors (Lipinski definition) is 9. The van der Waals surface area contributed by atoms with E-state index in [1.54, 1.807) is 13.4 Å². The molecule has 6 rings (SSSR count). The monoisotopic (exact) mass is 569 g/mol. The second kappa shape index (κ2) is 12.1. The summed E-state index contributed by atoms with van der Waals surface area (Å²) in [6.07, 6.45) is 5.84. The zero-order valence-corrected chi connectivity index (χ0v) is 25.5. The number of nitrogens with one attached hydrogen (secondary N) is 2. The van der Waals surface area contributed by atoms with Crippen molar-refractivity contribution in [3.63, 3.8) is 0 Å². The molecule has 2 saturated heterocycles. The number of anilines is 4. The molecular formula is C32H43N9O. The van der Waals surface area contributed by atoms with Gasteiger partial charge < -0.3 is 20.3 Å². The van der Waals surface area contributed by atoms with Crippen molar-refractivity contribution in [2.75, 3.05) is 69.0 Å². The lowest BCUT2D eigenvalue weighted by molar-refractivity contribution is 0.0692. The smallest absolute Gasteiger partial charge is 0.144 e. The minimum absolute atomic E-state index is 0.639. The van der Waals surface area contributed by atoms with Gasteiger partial charge in [-0.05, 0) is 44.9 Å². The molecule has 10 heteroatoms. The molecule has 0 aliphatic carbocycles. The number of ether oxygens (including phenoxy) is 1. The maximum absolute atomic E-state index is 5.88. The van der Waals surface area contributed by atoms with Gasteiger partial charge in [0, 0.05) is 88.5 Å². The SMILES string of the molecule is CNc1cc(Nc2cc(-c3ccc4c(cnn4C)c3)ncn2)c(OC)cc1N1CCC(N2CCN(C(C)C)CC2)CC1. The van der Waals surface area contributed by atoms with Crippen LogP contribution >= 0.6 is 0 Å². The molecule has 2 fully saturated rings. The molecule has 2 aliphatic rings. The predicted molar refractivity (Wildman–Crippen MR) is 171 cm³/mol. The van der Waals surface area contributed by atoms with Gasteiger partial charge in [-0.15, -0.1) is 0 Å². The zero-order valence-electron chi connectivity index (χ0n) is 25.5. The van der Waals surface area contributed by atoms with Crippen molar-refractivity contribution in [1.82, 2.24) is 29.5 Å². The number of fused-ring (bicyclic) bond motifs is 1. The van der Waals surface area contributed by atoms with Gasteiger partial charge in [0.2, 0.25) is 0 Å². The molecule has 10 nitrogen and oxygen atoms in total. The molecule has 0 bridgehead atoms. The van der Waals surface area contributed by atoms with Gasteiger partial charge in [0.25, 0.3) is 0 Å². The van der Waals surface area contributed by atoms with Crippen LogP contribution in [0.3, 0.4) is 0 Å². The average molecular weight is 570 g/mol. The third kappa shape index (κ3) is 5.73. The molecule has 0 amide bonds. The van der Waals surface area contributed by atoms with Crippen molar-refractivity contribution < 1.29 is 4.74 Å². The Kier molecular flexibility index (Phi) is 8.17. The first kappa shape index (κ1) is 28.2. The Balaban J connectivity index is 1.16. The second-order valence-electron chi connectivity index (χ2n) is 11.7. The van der Waals surface area contributed by atoms with E-state index in [1.165, 1.54) is 44.7 Å². The van der Waals surface area contributed by atoms with Crippen LogP contribution in [0.4, 0.5) is 22.9 Å². The van der Waals surface area contributed by atoms with E-state index in [0.29, 0.717) is 17.9 Å². The minimum atomic E-state index is 0.639. The highest BCUT2D eigenvalue weighted by Crippen LogP contribution is 2.39. The Morgan fingerprint density at radius 2 is 1.71 bits per heavy atom. The Labute approximate surface area is 248 Å². The van der Waals surface area contributed by atoms with Crippen molar-refractivity contribution in [2.24, 2.45) is 7.05 Å². The highest BCUT2D eigenvalue weighted by atomic mass is 16.5. The van der Waals surface area contributed by atoms with Gasteiger partial charge in [-0.25, -0.2) is 9.97 Å². The lowest BCUT2D eigenvalue weighted by atomic mass is 10.0. The Morgan fingerprint density at radius 3 is 2.43 bits per heavy atom. The number of piperazine rings is 1. The average Bonchev–Trinajstić information content (AvgIpc) is 3.40. The van der Waals surface area contributed by atoms with E-state index in [9.17, 15) is 0 Å². The molecular weight excluding hydrogens is 526 g/mol. The molecule has 0 spiro atoms. The van der Waals surface area contributed by atoms with E-state index >= 15 is 0 Å². The fourth-order valence-corrected chi connectivity index (χ4v) is 6.43. The summed E-state index contributed by atoms with van der Waals surface area (Å²) < 4.78 is 7.75. The van der Waals surface area contributed by atoms with E-state index in [2.05, 4.69) is 84.6 Å². The Hall–Kier alpha value is -3.89. The van der Waals surface area contributed by atoms with E-state index in [0.717, 1.165) is 52.4 Å². The largest absolute Gasteiger partial charge is 0.494 e. The number of methoxy groups -OCH3 is 1. The number of aromatic nitrogens is 4. The van der Waals surface area contributed by atoms with Gasteiger partial charge in [0.15, 0.2) is 0 Å². The quantitative estimate of drug-likeness (QED) is 0.310. The van der Waals surface area contributed by atoms with Gasteiger partial charge in [-0.2, -0.15) is 5.10 Å². The molecule has 0 saturated carbocycles. The van der Waals surface area contributed by atoms with Crippen molar-refractivity contribution >= 4 is 33.8 Å². The molecule has 2 aromatic carbocycles. The molecule has 4 heterocycles. The summed E-state index contributed by atoms with van der Waals surface area (Å²) in [5.74, 6) is 1.49. The Bertz CT molecular complexity index is 1520. The second-order valence-corrected chi connectivity index (χ2v) is 11.7. The van der Waals surface area contributed by atoms with Crippen LogP contribution in [0.1, 0.15) is 26.7 Å². The first-order chi connectivity index (χ1) is 20.4. The fraction of sp³-hybridized carbons (Fsp3) is 0.469. The van der Waals surface area contributed by atoms with Crippen LogP contribution in [-0.2, 0) is 7.05 Å². The van der Waals surface area contributed by atoms with E-state index in [1.807, 2.05) is 31.0 Å². The van der Waals surface area contributed by atoms with Gasteiger partial charge >= 0.3 is 0 Å². The van der Waals surface area contributed by atoms with Crippen LogP contribution in [0.5, 0.6) is 5.75 Å². The van der Waals surface area contributed by atoms with Crippen molar-refractivity contribution in [3.05, 3.63) is 48.9 Å². The van der Waals surface area contributed by atoms with Crippen LogP contribution in [0.15, 0.2) is 48.9 Å². The van der Waals surface area contributed by atoms with Crippen molar-refractivity contribution in [1.29, 1.82) is 0 Å². The zero-order chi connectivity index (χ0) is 29.2. The van der Waals surface area contributed by atoms with E-state index < -0.39 is 0 Å². The van der Waals surface area contributed by atoms with Crippen molar-refractivity contribution in [3.8, 4) is 17.0 Å². The molecule has 4 aromatic rings. The topological polar surface area (TPSA) is 86.6 Å². The first-order valence-electron chi connectivity index (χ1n) is 15.1. The third-order valence-corrected chi connectivity index (χ3v) is 8.96. The van der Waals surface area contributed by atoms with E-state index in [4.69, 9.17) is 4.74 Å². The maximum Gasteiger partial charge on any atom is 0.144 e. The number of hydrogen-bond donors (Lipinski definition) is 2. The Morgan fingerprint density at radius 1 is 0.929 bits per heavy atom. The number of benzene rings is 2. The normalized spacial score (nSPS) is 17.2. The van der Waals surface area contributed by atoms with Crippen LogP contribution in [0, 0.1) is 0 Å². The molecule has 2 aromatic heterocycles. The molecule has 2 aliphatic heterocycles. The fourth-order valence-electron chi connectivity index (χ4n) is 6.43. The van der Waals surface area contributed by atoms with Crippen LogP contribution < -0.4 is 20.3 Å². The summed E-state index contributed by atoms with van der Waals surface area (Å²) in [5.41, 5.74) is 6.05. The summed E-state index contributed by atoms with van der Waals surface area (Å²) in [6, 6.07) is 13.8. The summed E-state index contributed by atoms with van der Waals surface area (Å²) in [7, 11) is 5.65. The first-order valence-corrected chi connectivity index (χ1v) is 15.1. The van der Waals surface area contributed by atoms with Gasteiger partial charge in [-0.3, -0.25) is 14.5 Å². The predicted octanol–water partition coefficient (Wildman–Crippen LogP) is 4.82. The summed E-state index contributed by atoms with van der Waals surface area (Å²) in [6.45, 7) is 11.4. The number of nitrogens with zero attached hydrogens (tertiary/aromatic N) is 7. The summed E-state index contributed by atoms with van der Waals surface area (Å²) in [4.78, 5) is 16.8. The molecule has 2 N–H and O–H groups in total. The molecule has 0 radical (unpaired) electrons. The molecule has 0 atom stereocenters. The van der Waals surface area contributed by atoms with Crippen LogP contribution in [0.2, 0.25) is 0 Å². The molecule has 0 unspecified atom stereocenters. The number of aryl methyl sites for hydroxylation is 1. The summed E-state index contributed by atoms with van der Waals surface area (Å²) >= 11 is 0. The van der Waals surface area contributed by atoms with Crippen LogP contribution in [0.25, 0.3) is 22.2 Å². The van der Waals surface area contributed by atoms with Gasteiger partial charge in [0.1, 0.15) is 17.9 Å². The lowest BCUT2D eigenvalue weighted by Crippen LogP contribution is -2.54. The molecule has 42 heavy (non-hydrogen) atoms.